The fourth-order valence-corrected chi connectivity index (χ4v) is 1.43. The Balaban J connectivity index is 2.35. The highest BCUT2D eigenvalue weighted by atomic mass is 35.5. The van der Waals surface area contributed by atoms with Gasteiger partial charge in [0.25, 0.3) is 0 Å². The average Bonchev–Trinajstić information content (AvgIpc) is 2.28. The Hall–Kier alpha value is -1.06. The summed E-state index contributed by atoms with van der Waals surface area (Å²) in [4.78, 5) is 11.5. The van der Waals surface area contributed by atoms with E-state index >= 15 is 0 Å². The first-order valence-electron chi connectivity index (χ1n) is 5.68. The van der Waals surface area contributed by atoms with Gasteiger partial charge >= 0.3 is 0 Å². The molecule has 0 fully saturated rings. The molecule has 1 unspecified atom stereocenters. The second-order valence-electron chi connectivity index (χ2n) is 4.42. The van der Waals surface area contributed by atoms with Crippen LogP contribution in [0.2, 0.25) is 5.02 Å². The van der Waals surface area contributed by atoms with Gasteiger partial charge in [-0.15, -0.1) is 0 Å². The summed E-state index contributed by atoms with van der Waals surface area (Å²) in [5.74, 6) is -0.0440. The molecule has 0 heterocycles. The lowest BCUT2D eigenvalue weighted by Crippen LogP contribution is -2.29. The van der Waals surface area contributed by atoms with Crippen molar-refractivity contribution >= 4 is 17.5 Å². The first kappa shape index (κ1) is 14.0. The Morgan fingerprint density at radius 1 is 1.35 bits per heavy atom. The van der Waals surface area contributed by atoms with Crippen LogP contribution >= 0.6 is 11.6 Å². The van der Waals surface area contributed by atoms with E-state index in [4.69, 9.17) is 11.6 Å². The summed E-state index contributed by atoms with van der Waals surface area (Å²) in [5.41, 5.74) is 0.988. The number of carbonyl (C=O) groups is 1. The lowest BCUT2D eigenvalue weighted by Gasteiger charge is -2.13. The standard InChI is InChI=1S/C13H18ClNO2/c1-9(2)12(16)7-13(17)15-8-10-3-5-11(14)6-4-10/h3-6,9,12,16H,7-8H2,1-2H3,(H,15,17). The van der Waals surface area contributed by atoms with Crippen molar-refractivity contribution in [2.24, 2.45) is 5.92 Å². The van der Waals surface area contributed by atoms with Gasteiger partial charge in [-0.3, -0.25) is 4.79 Å². The molecule has 0 saturated heterocycles. The summed E-state index contributed by atoms with van der Waals surface area (Å²) >= 11 is 5.76. The summed E-state index contributed by atoms with van der Waals surface area (Å²) in [5, 5.41) is 13.0. The molecular formula is C13H18ClNO2. The van der Waals surface area contributed by atoms with Gasteiger partial charge in [-0.2, -0.15) is 0 Å². The van der Waals surface area contributed by atoms with E-state index in [1.165, 1.54) is 0 Å². The Morgan fingerprint density at radius 2 is 1.94 bits per heavy atom. The second kappa shape index (κ2) is 6.62. The van der Waals surface area contributed by atoms with Gasteiger partial charge in [0.1, 0.15) is 0 Å². The molecule has 0 spiro atoms. The molecule has 17 heavy (non-hydrogen) atoms. The molecule has 3 nitrogen and oxygen atoms in total. The van der Waals surface area contributed by atoms with Gasteiger partial charge in [-0.1, -0.05) is 37.6 Å². The number of halogens is 1. The number of aliphatic hydroxyl groups is 1. The monoisotopic (exact) mass is 255 g/mol. The third kappa shape index (κ3) is 5.20. The maximum atomic E-state index is 11.5. The predicted octanol–water partition coefficient (Wildman–Crippen LogP) is 2.36. The van der Waals surface area contributed by atoms with Crippen LogP contribution in [0.3, 0.4) is 0 Å². The van der Waals surface area contributed by atoms with Gasteiger partial charge in [-0.25, -0.2) is 0 Å². The molecule has 0 bridgehead atoms. The van der Waals surface area contributed by atoms with Gasteiger partial charge in [0.05, 0.1) is 12.5 Å². The maximum absolute atomic E-state index is 11.5. The van der Waals surface area contributed by atoms with E-state index in [2.05, 4.69) is 5.32 Å². The molecule has 94 valence electrons. The third-order valence-corrected chi connectivity index (χ3v) is 2.82. The van der Waals surface area contributed by atoms with E-state index in [1.54, 1.807) is 12.1 Å². The van der Waals surface area contributed by atoms with Crippen molar-refractivity contribution < 1.29 is 9.90 Å². The number of nitrogens with one attached hydrogen (secondary N) is 1. The molecule has 1 rings (SSSR count). The van der Waals surface area contributed by atoms with E-state index < -0.39 is 6.10 Å². The molecule has 0 aromatic heterocycles. The largest absolute Gasteiger partial charge is 0.392 e. The zero-order valence-electron chi connectivity index (χ0n) is 10.1. The van der Waals surface area contributed by atoms with Crippen molar-refractivity contribution in [2.45, 2.75) is 32.9 Å². The maximum Gasteiger partial charge on any atom is 0.222 e. The van der Waals surface area contributed by atoms with Crippen LogP contribution in [0, 0.1) is 5.92 Å². The van der Waals surface area contributed by atoms with Gasteiger partial charge in [0.2, 0.25) is 5.91 Å². The molecule has 1 aromatic rings. The number of benzene rings is 1. The molecule has 0 aliphatic carbocycles. The normalized spacial score (nSPS) is 12.5. The van der Waals surface area contributed by atoms with Crippen molar-refractivity contribution in [3.05, 3.63) is 34.9 Å². The Morgan fingerprint density at radius 3 is 2.47 bits per heavy atom. The number of carbonyl (C=O) groups excluding carboxylic acids is 1. The SMILES string of the molecule is CC(C)C(O)CC(=O)NCc1ccc(Cl)cc1. The highest BCUT2D eigenvalue weighted by molar-refractivity contribution is 6.30. The molecular weight excluding hydrogens is 238 g/mol. The van der Waals surface area contributed by atoms with Crippen LogP contribution in [0.25, 0.3) is 0 Å². The van der Waals surface area contributed by atoms with Gasteiger partial charge in [-0.05, 0) is 23.6 Å². The minimum absolute atomic E-state index is 0.0938. The van der Waals surface area contributed by atoms with Crippen LogP contribution in [-0.4, -0.2) is 17.1 Å². The molecule has 4 heteroatoms. The highest BCUT2D eigenvalue weighted by Crippen LogP contribution is 2.09. The first-order valence-corrected chi connectivity index (χ1v) is 6.06. The minimum atomic E-state index is -0.583. The summed E-state index contributed by atoms with van der Waals surface area (Å²) in [7, 11) is 0. The highest BCUT2D eigenvalue weighted by Gasteiger charge is 2.13. The van der Waals surface area contributed by atoms with Gasteiger partial charge in [0.15, 0.2) is 0 Å². The van der Waals surface area contributed by atoms with E-state index in [0.717, 1.165) is 5.56 Å². The topological polar surface area (TPSA) is 49.3 Å². The minimum Gasteiger partial charge on any atom is -0.392 e. The fraction of sp³-hybridized carbons (Fsp3) is 0.462. The van der Waals surface area contributed by atoms with Crippen molar-refractivity contribution in [3.63, 3.8) is 0 Å². The van der Waals surface area contributed by atoms with Gasteiger partial charge in [0, 0.05) is 11.6 Å². The molecule has 0 aliphatic heterocycles. The van der Waals surface area contributed by atoms with Crippen LogP contribution in [0.5, 0.6) is 0 Å². The average molecular weight is 256 g/mol. The lowest BCUT2D eigenvalue weighted by atomic mass is 10.0. The summed E-state index contributed by atoms with van der Waals surface area (Å²) < 4.78 is 0. The summed E-state index contributed by atoms with van der Waals surface area (Å²) in [6.45, 7) is 4.23. The number of aliphatic hydroxyl groups excluding tert-OH is 1. The van der Waals surface area contributed by atoms with Crippen molar-refractivity contribution in [1.29, 1.82) is 0 Å². The van der Waals surface area contributed by atoms with Crippen LogP contribution < -0.4 is 5.32 Å². The molecule has 1 atom stereocenters. The van der Waals surface area contributed by atoms with E-state index in [1.807, 2.05) is 26.0 Å². The van der Waals surface area contributed by atoms with Crippen LogP contribution in [-0.2, 0) is 11.3 Å². The molecule has 0 saturated carbocycles. The van der Waals surface area contributed by atoms with E-state index in [9.17, 15) is 9.90 Å². The molecule has 2 N–H and O–H groups in total. The summed E-state index contributed by atoms with van der Waals surface area (Å²) in [6.07, 6.45) is -0.439. The van der Waals surface area contributed by atoms with E-state index in [0.29, 0.717) is 11.6 Å². The molecule has 0 radical (unpaired) electrons. The molecule has 1 aromatic carbocycles. The van der Waals surface area contributed by atoms with Crippen LogP contribution in [0.15, 0.2) is 24.3 Å². The Kier molecular flexibility index (Phi) is 5.45. The first-order chi connectivity index (χ1) is 7.99. The number of hydrogen-bond acceptors (Lipinski definition) is 2. The smallest absolute Gasteiger partial charge is 0.222 e. The quantitative estimate of drug-likeness (QED) is 0.849. The fourth-order valence-electron chi connectivity index (χ4n) is 1.30. The third-order valence-electron chi connectivity index (χ3n) is 2.57. The molecule has 1 amide bonds. The number of hydrogen-bond donors (Lipinski definition) is 2. The number of rotatable bonds is 5. The van der Waals surface area contributed by atoms with Crippen LogP contribution in [0.1, 0.15) is 25.8 Å². The lowest BCUT2D eigenvalue weighted by molar-refractivity contribution is -0.123. The predicted molar refractivity (Wildman–Crippen MR) is 68.8 cm³/mol. The second-order valence-corrected chi connectivity index (χ2v) is 4.86. The zero-order valence-corrected chi connectivity index (χ0v) is 10.9. The van der Waals surface area contributed by atoms with Crippen molar-refractivity contribution in [1.82, 2.24) is 5.32 Å². The van der Waals surface area contributed by atoms with Crippen LogP contribution in [0.4, 0.5) is 0 Å². The van der Waals surface area contributed by atoms with Crippen molar-refractivity contribution in [3.8, 4) is 0 Å². The Bertz CT molecular complexity index is 362. The van der Waals surface area contributed by atoms with Crippen molar-refractivity contribution in [2.75, 3.05) is 0 Å². The van der Waals surface area contributed by atoms with E-state index in [-0.39, 0.29) is 18.2 Å². The summed E-state index contributed by atoms with van der Waals surface area (Å²) in [6, 6.07) is 7.29. The number of amides is 1. The Labute approximate surface area is 107 Å². The van der Waals surface area contributed by atoms with Gasteiger partial charge < -0.3 is 10.4 Å². The zero-order chi connectivity index (χ0) is 12.8. The molecule has 0 aliphatic rings.